The molecule has 21 heavy (non-hydrogen) atoms. The second-order valence-corrected chi connectivity index (χ2v) is 4.70. The van der Waals surface area contributed by atoms with E-state index in [1.54, 1.807) is 19.1 Å². The molecule has 0 aliphatic carbocycles. The number of halogens is 3. The van der Waals surface area contributed by atoms with E-state index < -0.39 is 17.7 Å². The molecule has 0 heterocycles. The minimum absolute atomic E-state index is 0.137. The Balaban J connectivity index is 2.13. The van der Waals surface area contributed by atoms with Crippen LogP contribution in [0.5, 0.6) is 0 Å². The van der Waals surface area contributed by atoms with E-state index >= 15 is 0 Å². The molecule has 0 saturated carbocycles. The molecule has 0 unspecified atom stereocenters. The zero-order chi connectivity index (χ0) is 15.5. The van der Waals surface area contributed by atoms with E-state index in [4.69, 9.17) is 0 Å². The van der Waals surface area contributed by atoms with Gasteiger partial charge in [-0.3, -0.25) is 4.79 Å². The molecule has 5 heteroatoms. The largest absolute Gasteiger partial charge is 0.416 e. The number of benzene rings is 2. The van der Waals surface area contributed by atoms with E-state index in [-0.39, 0.29) is 11.6 Å². The highest BCUT2D eigenvalue weighted by Gasteiger charge is 2.30. The summed E-state index contributed by atoms with van der Waals surface area (Å²) < 4.78 is 37.8. The maximum atomic E-state index is 12.6. The number of hydrogen-bond donors (Lipinski definition) is 1. The fraction of sp³-hybridized carbons (Fsp3) is 0.188. The molecule has 1 amide bonds. The molecule has 1 atom stereocenters. The average molecular weight is 293 g/mol. The third kappa shape index (κ3) is 3.84. The Labute approximate surface area is 120 Å². The monoisotopic (exact) mass is 293 g/mol. The lowest BCUT2D eigenvalue weighted by Crippen LogP contribution is -2.19. The molecule has 2 aromatic carbocycles. The second-order valence-electron chi connectivity index (χ2n) is 4.70. The summed E-state index contributed by atoms with van der Waals surface area (Å²) in [4.78, 5) is 12.1. The number of rotatable bonds is 3. The van der Waals surface area contributed by atoms with E-state index in [1.165, 1.54) is 12.1 Å². The maximum Gasteiger partial charge on any atom is 0.416 e. The molecule has 0 radical (unpaired) electrons. The van der Waals surface area contributed by atoms with Gasteiger partial charge in [-0.15, -0.1) is 0 Å². The number of hydrogen-bond acceptors (Lipinski definition) is 1. The first-order valence-electron chi connectivity index (χ1n) is 6.41. The Bertz CT molecular complexity index is 623. The second kappa shape index (κ2) is 5.99. The first-order valence-corrected chi connectivity index (χ1v) is 6.41. The Morgan fingerprint density at radius 3 is 2.33 bits per heavy atom. The van der Waals surface area contributed by atoms with Crippen LogP contribution in [-0.4, -0.2) is 5.91 Å². The number of anilines is 1. The normalized spacial score (nSPS) is 12.8. The van der Waals surface area contributed by atoms with Crippen molar-refractivity contribution in [1.82, 2.24) is 0 Å². The van der Waals surface area contributed by atoms with Crippen LogP contribution >= 0.6 is 0 Å². The minimum atomic E-state index is -4.42. The predicted octanol–water partition coefficient (Wildman–Crippen LogP) is 4.45. The molecule has 0 bridgehead atoms. The van der Waals surface area contributed by atoms with Gasteiger partial charge >= 0.3 is 6.18 Å². The quantitative estimate of drug-likeness (QED) is 0.890. The zero-order valence-corrected chi connectivity index (χ0v) is 11.3. The van der Waals surface area contributed by atoms with Crippen LogP contribution in [0.1, 0.15) is 24.0 Å². The Kier molecular flexibility index (Phi) is 4.31. The van der Waals surface area contributed by atoms with Crippen LogP contribution in [0, 0.1) is 0 Å². The molecular formula is C16H14F3NO. The average Bonchev–Trinajstić information content (AvgIpc) is 2.47. The Morgan fingerprint density at radius 1 is 1.05 bits per heavy atom. The smallest absolute Gasteiger partial charge is 0.326 e. The molecule has 0 aromatic heterocycles. The summed E-state index contributed by atoms with van der Waals surface area (Å²) in [5.41, 5.74) is 0.159. The van der Waals surface area contributed by atoms with E-state index in [0.29, 0.717) is 0 Å². The van der Waals surface area contributed by atoms with E-state index in [9.17, 15) is 18.0 Å². The van der Waals surface area contributed by atoms with Crippen molar-refractivity contribution in [3.63, 3.8) is 0 Å². The summed E-state index contributed by atoms with van der Waals surface area (Å²) in [6.45, 7) is 1.71. The fourth-order valence-electron chi connectivity index (χ4n) is 1.92. The number of carbonyl (C=O) groups is 1. The zero-order valence-electron chi connectivity index (χ0n) is 11.3. The van der Waals surface area contributed by atoms with Crippen LogP contribution in [0.2, 0.25) is 0 Å². The lowest BCUT2D eigenvalue weighted by molar-refractivity contribution is -0.137. The molecule has 2 aromatic rings. The highest BCUT2D eigenvalue weighted by molar-refractivity contribution is 5.95. The molecule has 0 fully saturated rings. The molecule has 0 aliphatic rings. The topological polar surface area (TPSA) is 29.1 Å². The van der Waals surface area contributed by atoms with Gasteiger partial charge in [0.15, 0.2) is 0 Å². The molecule has 1 N–H and O–H groups in total. The van der Waals surface area contributed by atoms with Crippen LogP contribution in [0.4, 0.5) is 18.9 Å². The summed E-state index contributed by atoms with van der Waals surface area (Å²) in [5, 5.41) is 2.51. The van der Waals surface area contributed by atoms with Gasteiger partial charge in [0.1, 0.15) is 0 Å². The Morgan fingerprint density at radius 2 is 1.71 bits per heavy atom. The van der Waals surface area contributed by atoms with Crippen molar-refractivity contribution in [2.75, 3.05) is 5.32 Å². The van der Waals surface area contributed by atoms with Gasteiger partial charge in [-0.25, -0.2) is 0 Å². The van der Waals surface area contributed by atoms with Gasteiger partial charge in [0.05, 0.1) is 11.5 Å². The van der Waals surface area contributed by atoms with Gasteiger partial charge in [-0.05, 0) is 30.7 Å². The lowest BCUT2D eigenvalue weighted by Gasteiger charge is -2.14. The summed E-state index contributed by atoms with van der Waals surface area (Å²) in [7, 11) is 0. The highest BCUT2D eigenvalue weighted by Crippen LogP contribution is 2.30. The lowest BCUT2D eigenvalue weighted by atomic mass is 10.0. The molecule has 0 aliphatic heterocycles. The highest BCUT2D eigenvalue weighted by atomic mass is 19.4. The molecule has 2 rings (SSSR count). The third-order valence-corrected chi connectivity index (χ3v) is 3.15. The standard InChI is InChI=1S/C16H14F3NO/c1-11(12-6-3-2-4-7-12)15(21)20-14-9-5-8-13(10-14)16(17,18)19/h2-11H,1H3,(H,20,21)/t11-/m1/s1. The maximum absolute atomic E-state index is 12.6. The van der Waals surface area contributed by atoms with Gasteiger partial charge in [0, 0.05) is 5.69 Å². The van der Waals surface area contributed by atoms with E-state index in [0.717, 1.165) is 17.7 Å². The minimum Gasteiger partial charge on any atom is -0.326 e. The number of nitrogens with one attached hydrogen (secondary N) is 1. The van der Waals surface area contributed by atoms with Crippen LogP contribution in [0.3, 0.4) is 0 Å². The van der Waals surface area contributed by atoms with Gasteiger partial charge in [-0.1, -0.05) is 36.4 Å². The summed E-state index contributed by atoms with van der Waals surface area (Å²) in [6.07, 6.45) is -4.42. The SMILES string of the molecule is C[C@@H](C(=O)Nc1cccc(C(F)(F)F)c1)c1ccccc1. The van der Waals surface area contributed by atoms with E-state index in [2.05, 4.69) is 5.32 Å². The van der Waals surface area contributed by atoms with Gasteiger partial charge in [0.2, 0.25) is 5.91 Å². The van der Waals surface area contributed by atoms with Gasteiger partial charge in [0.25, 0.3) is 0 Å². The molecule has 110 valence electrons. The van der Waals surface area contributed by atoms with Crippen LogP contribution < -0.4 is 5.32 Å². The third-order valence-electron chi connectivity index (χ3n) is 3.15. The predicted molar refractivity (Wildman–Crippen MR) is 74.9 cm³/mol. The molecule has 0 spiro atoms. The molecule has 0 saturated heterocycles. The number of amides is 1. The van der Waals surface area contributed by atoms with Gasteiger partial charge in [-0.2, -0.15) is 13.2 Å². The van der Waals surface area contributed by atoms with Crippen molar-refractivity contribution in [3.05, 3.63) is 65.7 Å². The summed E-state index contributed by atoms with van der Waals surface area (Å²) >= 11 is 0. The van der Waals surface area contributed by atoms with Crippen molar-refractivity contribution < 1.29 is 18.0 Å². The molecular weight excluding hydrogens is 279 g/mol. The van der Waals surface area contributed by atoms with Crippen molar-refractivity contribution in [1.29, 1.82) is 0 Å². The number of carbonyl (C=O) groups excluding carboxylic acids is 1. The van der Waals surface area contributed by atoms with Crippen LogP contribution in [0.15, 0.2) is 54.6 Å². The first-order chi connectivity index (χ1) is 9.88. The van der Waals surface area contributed by atoms with Crippen molar-refractivity contribution in [2.24, 2.45) is 0 Å². The van der Waals surface area contributed by atoms with Crippen molar-refractivity contribution in [3.8, 4) is 0 Å². The van der Waals surface area contributed by atoms with Crippen molar-refractivity contribution >= 4 is 11.6 Å². The fourth-order valence-corrected chi connectivity index (χ4v) is 1.92. The van der Waals surface area contributed by atoms with E-state index in [1.807, 2.05) is 18.2 Å². The van der Waals surface area contributed by atoms with Crippen LogP contribution in [-0.2, 0) is 11.0 Å². The summed E-state index contributed by atoms with van der Waals surface area (Å²) in [6, 6.07) is 13.7. The van der Waals surface area contributed by atoms with Crippen molar-refractivity contribution in [2.45, 2.75) is 19.0 Å². The first kappa shape index (κ1) is 15.1. The number of alkyl halides is 3. The molecule has 2 nitrogen and oxygen atoms in total. The Hall–Kier alpha value is -2.30. The summed E-state index contributed by atoms with van der Waals surface area (Å²) in [5.74, 6) is -0.790. The van der Waals surface area contributed by atoms with Gasteiger partial charge < -0.3 is 5.32 Å². The van der Waals surface area contributed by atoms with Crippen LogP contribution in [0.25, 0.3) is 0 Å².